The lowest BCUT2D eigenvalue weighted by atomic mass is 9.87. The van der Waals surface area contributed by atoms with Crippen LogP contribution in [0.25, 0.3) is 0 Å². The highest BCUT2D eigenvalue weighted by Crippen LogP contribution is 2.42. The molecule has 8 nitrogen and oxygen atoms in total. The number of hydrogen-bond donors (Lipinski definition) is 1. The Kier molecular flexibility index (Phi) is 6.01. The molecule has 1 aliphatic carbocycles. The lowest BCUT2D eigenvalue weighted by Gasteiger charge is -2.36. The smallest absolute Gasteiger partial charge is 0.289 e. The van der Waals surface area contributed by atoms with E-state index in [1.807, 2.05) is 19.1 Å². The minimum atomic E-state index is -0.359. The second-order valence-electron chi connectivity index (χ2n) is 9.17. The highest BCUT2D eigenvalue weighted by molar-refractivity contribution is 5.91. The largest absolute Gasteiger partial charge is 0.486 e. The molecule has 1 saturated heterocycles. The molecule has 33 heavy (non-hydrogen) atoms. The fourth-order valence-electron chi connectivity index (χ4n) is 5.13. The zero-order valence-electron chi connectivity index (χ0n) is 19.1. The zero-order valence-corrected chi connectivity index (χ0v) is 19.1. The van der Waals surface area contributed by atoms with Gasteiger partial charge in [0.15, 0.2) is 17.3 Å². The van der Waals surface area contributed by atoms with Gasteiger partial charge in [-0.1, -0.05) is 18.9 Å². The van der Waals surface area contributed by atoms with Gasteiger partial charge in [-0.25, -0.2) is 0 Å². The maximum Gasteiger partial charge on any atom is 0.289 e. The second kappa shape index (κ2) is 9.09. The van der Waals surface area contributed by atoms with Crippen LogP contribution in [0.5, 0.6) is 11.5 Å². The number of piperazine rings is 1. The normalized spacial score (nSPS) is 20.0. The first-order valence-electron chi connectivity index (χ1n) is 11.8. The third-order valence-electron chi connectivity index (χ3n) is 6.91. The molecule has 0 radical (unpaired) electrons. The number of rotatable bonds is 5. The number of carbonyl (C=O) groups excluding carboxylic acids is 2. The second-order valence-corrected chi connectivity index (χ2v) is 9.17. The molecule has 0 spiro atoms. The van der Waals surface area contributed by atoms with E-state index in [9.17, 15) is 9.59 Å². The highest BCUT2D eigenvalue weighted by Gasteiger charge is 2.38. The van der Waals surface area contributed by atoms with Crippen LogP contribution in [0.4, 0.5) is 0 Å². The van der Waals surface area contributed by atoms with E-state index in [-0.39, 0.29) is 17.4 Å². The molecule has 2 aromatic rings. The number of amides is 2. The van der Waals surface area contributed by atoms with Crippen molar-refractivity contribution in [3.63, 3.8) is 0 Å². The first kappa shape index (κ1) is 21.8. The van der Waals surface area contributed by atoms with E-state index >= 15 is 0 Å². The lowest BCUT2D eigenvalue weighted by Crippen LogP contribution is -2.53. The van der Waals surface area contributed by atoms with E-state index in [2.05, 4.69) is 16.3 Å². The third-order valence-corrected chi connectivity index (χ3v) is 6.91. The Morgan fingerprint density at radius 2 is 1.70 bits per heavy atom. The molecule has 1 aromatic carbocycles. The molecular weight excluding hydrogens is 422 g/mol. The first-order chi connectivity index (χ1) is 16.0. The van der Waals surface area contributed by atoms with E-state index in [1.165, 1.54) is 0 Å². The fraction of sp³-hybridized carbons (Fsp3) is 0.520. The molecular formula is C25H31N3O5. The average molecular weight is 454 g/mol. The van der Waals surface area contributed by atoms with Crippen LogP contribution in [0.3, 0.4) is 0 Å². The molecule has 3 heterocycles. The first-order valence-corrected chi connectivity index (χ1v) is 11.8. The summed E-state index contributed by atoms with van der Waals surface area (Å²) in [5, 5.41) is 3.35. The molecule has 5 rings (SSSR count). The molecule has 3 aliphatic rings. The predicted molar refractivity (Wildman–Crippen MR) is 122 cm³/mol. The van der Waals surface area contributed by atoms with Gasteiger partial charge in [0.2, 0.25) is 5.91 Å². The SMILES string of the molecule is Cc1ccc(C(=O)N2CCN(CC(=O)NC3(c4ccc5c(c4)OCCO5)CCCC3)CC2)o1. The lowest BCUT2D eigenvalue weighted by molar-refractivity contribution is -0.124. The van der Waals surface area contributed by atoms with E-state index in [0.29, 0.717) is 51.7 Å². The van der Waals surface area contributed by atoms with Gasteiger partial charge in [-0.05, 0) is 49.6 Å². The Bertz CT molecular complexity index is 1020. The van der Waals surface area contributed by atoms with Gasteiger partial charge in [0.05, 0.1) is 12.1 Å². The van der Waals surface area contributed by atoms with Crippen molar-refractivity contribution in [1.29, 1.82) is 0 Å². The summed E-state index contributed by atoms with van der Waals surface area (Å²) in [6.45, 7) is 5.76. The van der Waals surface area contributed by atoms with Crippen molar-refractivity contribution in [3.05, 3.63) is 47.4 Å². The Hall–Kier alpha value is -3.00. The van der Waals surface area contributed by atoms with Gasteiger partial charge in [0.25, 0.3) is 5.91 Å². The van der Waals surface area contributed by atoms with Crippen LogP contribution < -0.4 is 14.8 Å². The molecule has 1 saturated carbocycles. The monoisotopic (exact) mass is 453 g/mol. The zero-order chi connectivity index (χ0) is 22.8. The molecule has 0 atom stereocenters. The molecule has 8 heteroatoms. The number of nitrogens with one attached hydrogen (secondary N) is 1. The maximum absolute atomic E-state index is 13.1. The quantitative estimate of drug-likeness (QED) is 0.750. The molecule has 1 N–H and O–H groups in total. The van der Waals surface area contributed by atoms with Crippen molar-refractivity contribution in [1.82, 2.24) is 15.1 Å². The van der Waals surface area contributed by atoms with E-state index in [4.69, 9.17) is 13.9 Å². The molecule has 0 unspecified atom stereocenters. The van der Waals surface area contributed by atoms with Crippen molar-refractivity contribution >= 4 is 11.8 Å². The number of carbonyl (C=O) groups is 2. The van der Waals surface area contributed by atoms with Gasteiger partial charge in [0.1, 0.15) is 19.0 Å². The summed E-state index contributed by atoms with van der Waals surface area (Å²) >= 11 is 0. The minimum Gasteiger partial charge on any atom is -0.486 e. The summed E-state index contributed by atoms with van der Waals surface area (Å²) in [4.78, 5) is 29.6. The Morgan fingerprint density at radius 1 is 0.970 bits per heavy atom. The molecule has 2 amide bonds. The number of benzene rings is 1. The third kappa shape index (κ3) is 4.57. The van der Waals surface area contributed by atoms with Crippen LogP contribution in [0.1, 0.15) is 47.6 Å². The summed E-state index contributed by atoms with van der Waals surface area (Å²) in [6, 6.07) is 9.55. The van der Waals surface area contributed by atoms with E-state index in [1.54, 1.807) is 17.0 Å². The summed E-state index contributed by atoms with van der Waals surface area (Å²) in [6.07, 6.45) is 4.01. The molecule has 0 bridgehead atoms. The standard InChI is InChI=1S/C25H31N3O5/c1-18-4-6-21(33-18)24(30)28-12-10-27(11-13-28)17-23(29)26-25(8-2-3-9-25)19-5-7-20-22(16-19)32-15-14-31-20/h4-7,16H,2-3,8-15,17H2,1H3,(H,26,29). The van der Waals surface area contributed by atoms with Gasteiger partial charge in [-0.15, -0.1) is 0 Å². The molecule has 176 valence electrons. The van der Waals surface area contributed by atoms with Crippen molar-refractivity contribution < 1.29 is 23.5 Å². The Labute approximate surface area is 193 Å². The average Bonchev–Trinajstić information content (AvgIpc) is 3.48. The van der Waals surface area contributed by atoms with Crippen LogP contribution in [-0.2, 0) is 10.3 Å². The fourth-order valence-corrected chi connectivity index (χ4v) is 5.13. The number of hydrogen-bond acceptors (Lipinski definition) is 6. The van der Waals surface area contributed by atoms with E-state index < -0.39 is 0 Å². The van der Waals surface area contributed by atoms with Gasteiger partial charge < -0.3 is 24.1 Å². The summed E-state index contributed by atoms with van der Waals surface area (Å²) in [5.41, 5.74) is 0.726. The topological polar surface area (TPSA) is 84.3 Å². The number of aryl methyl sites for hydroxylation is 1. The number of fused-ring (bicyclic) bond motifs is 1. The highest BCUT2D eigenvalue weighted by atomic mass is 16.6. The number of furan rings is 1. The van der Waals surface area contributed by atoms with Crippen molar-refractivity contribution in [2.75, 3.05) is 45.9 Å². The van der Waals surface area contributed by atoms with Crippen LogP contribution in [0.15, 0.2) is 34.7 Å². The van der Waals surface area contributed by atoms with Crippen LogP contribution in [-0.4, -0.2) is 67.6 Å². The van der Waals surface area contributed by atoms with Crippen molar-refractivity contribution in [2.24, 2.45) is 0 Å². The molecule has 2 aliphatic heterocycles. The summed E-state index contributed by atoms with van der Waals surface area (Å²) in [7, 11) is 0. The van der Waals surface area contributed by atoms with E-state index in [0.717, 1.165) is 48.5 Å². The van der Waals surface area contributed by atoms with Crippen LogP contribution >= 0.6 is 0 Å². The van der Waals surface area contributed by atoms with Crippen molar-refractivity contribution in [2.45, 2.75) is 38.1 Å². The van der Waals surface area contributed by atoms with Gasteiger partial charge >= 0.3 is 0 Å². The number of ether oxygens (including phenoxy) is 2. The van der Waals surface area contributed by atoms with Gasteiger partial charge in [0, 0.05) is 26.2 Å². The molecule has 1 aromatic heterocycles. The predicted octanol–water partition coefficient (Wildman–Crippen LogP) is 2.70. The maximum atomic E-state index is 13.1. The summed E-state index contributed by atoms with van der Waals surface area (Å²) in [5.74, 6) is 2.56. The summed E-state index contributed by atoms with van der Waals surface area (Å²) < 4.78 is 16.9. The van der Waals surface area contributed by atoms with Crippen molar-refractivity contribution in [3.8, 4) is 11.5 Å². The van der Waals surface area contributed by atoms with Crippen LogP contribution in [0, 0.1) is 6.92 Å². The van der Waals surface area contributed by atoms with Gasteiger partial charge in [-0.2, -0.15) is 0 Å². The van der Waals surface area contributed by atoms with Crippen LogP contribution in [0.2, 0.25) is 0 Å². The Balaban J connectivity index is 1.19. The molecule has 2 fully saturated rings. The minimum absolute atomic E-state index is 0.0215. The Morgan fingerprint density at radius 3 is 2.39 bits per heavy atom. The number of nitrogens with zero attached hydrogens (tertiary/aromatic N) is 2. The van der Waals surface area contributed by atoms with Gasteiger partial charge in [-0.3, -0.25) is 14.5 Å².